The van der Waals surface area contributed by atoms with E-state index >= 15 is 0 Å². The van der Waals surface area contributed by atoms with Crippen LogP contribution in [0.15, 0.2) is 30.3 Å². The summed E-state index contributed by atoms with van der Waals surface area (Å²) in [6.45, 7) is 1.11. The summed E-state index contributed by atoms with van der Waals surface area (Å²) < 4.78 is 37.1. The molecule has 1 aliphatic heterocycles. The summed E-state index contributed by atoms with van der Waals surface area (Å²) in [5.41, 5.74) is 0.0313. The van der Waals surface area contributed by atoms with Crippen molar-refractivity contribution in [2.45, 2.75) is 6.18 Å². The molecule has 5 heteroatoms. The molecule has 0 atom stereocenters. The maximum Gasteiger partial charge on any atom is 0.416 e. The van der Waals surface area contributed by atoms with Crippen LogP contribution in [0.4, 0.5) is 13.2 Å². The van der Waals surface area contributed by atoms with E-state index in [0.717, 1.165) is 12.1 Å². The number of nitrogens with zero attached hydrogens (tertiary/aromatic N) is 1. The smallest absolute Gasteiger partial charge is 0.331 e. The highest BCUT2D eigenvalue weighted by Crippen LogP contribution is 2.29. The van der Waals surface area contributed by atoms with Crippen LogP contribution in [0.5, 0.6) is 0 Å². The quantitative estimate of drug-likeness (QED) is 0.762. The van der Waals surface area contributed by atoms with Crippen LogP contribution in [0.1, 0.15) is 11.1 Å². The van der Waals surface area contributed by atoms with Crippen LogP contribution >= 0.6 is 0 Å². The summed E-state index contributed by atoms with van der Waals surface area (Å²) in [5.74, 6) is 1.91. The van der Waals surface area contributed by atoms with Gasteiger partial charge in [0.1, 0.15) is 0 Å². The zero-order valence-electron chi connectivity index (χ0n) is 10.5. The van der Waals surface area contributed by atoms with Gasteiger partial charge in [-0.15, -0.1) is 6.42 Å². The van der Waals surface area contributed by atoms with Gasteiger partial charge in [0.2, 0.25) is 0 Å². The molecular formula is C15H12F3NO. The SMILES string of the molecule is C#CC(=O)N1CC(/C=C/c2ccc(C(F)(F)F)cc2)C1. The van der Waals surface area contributed by atoms with Gasteiger partial charge in [0.15, 0.2) is 0 Å². The second-order valence-electron chi connectivity index (χ2n) is 4.59. The van der Waals surface area contributed by atoms with E-state index in [4.69, 9.17) is 6.42 Å². The second kappa shape index (κ2) is 5.41. The highest BCUT2D eigenvalue weighted by molar-refractivity contribution is 5.93. The van der Waals surface area contributed by atoms with Crippen LogP contribution in [-0.2, 0) is 11.0 Å². The minimum Gasteiger partial charge on any atom is -0.331 e. The third-order valence-electron chi connectivity index (χ3n) is 3.12. The molecule has 0 radical (unpaired) electrons. The van der Waals surface area contributed by atoms with Gasteiger partial charge in [-0.1, -0.05) is 24.3 Å². The molecule has 0 aromatic heterocycles. The molecule has 1 fully saturated rings. The monoisotopic (exact) mass is 279 g/mol. The number of halogens is 3. The van der Waals surface area contributed by atoms with Crippen LogP contribution in [0.3, 0.4) is 0 Å². The Kier molecular flexibility index (Phi) is 3.84. The first-order valence-electron chi connectivity index (χ1n) is 6.01. The molecule has 20 heavy (non-hydrogen) atoms. The Morgan fingerprint density at radius 1 is 1.30 bits per heavy atom. The standard InChI is InChI=1S/C15H12F3NO/c1-2-14(20)19-9-12(10-19)4-3-11-5-7-13(8-6-11)15(16,17)18/h1,3-8,12H,9-10H2/b4-3+. The molecule has 0 aliphatic carbocycles. The van der Waals surface area contributed by atoms with E-state index in [0.29, 0.717) is 18.7 Å². The molecule has 1 amide bonds. The van der Waals surface area contributed by atoms with Crippen LogP contribution in [0, 0.1) is 18.3 Å². The molecule has 1 aromatic rings. The number of carbonyl (C=O) groups excluding carboxylic acids is 1. The number of terminal acetylenes is 1. The van der Waals surface area contributed by atoms with E-state index in [-0.39, 0.29) is 11.8 Å². The number of carbonyl (C=O) groups is 1. The lowest BCUT2D eigenvalue weighted by atomic mass is 9.98. The third kappa shape index (κ3) is 3.21. The van der Waals surface area contributed by atoms with Crippen molar-refractivity contribution in [3.05, 3.63) is 41.5 Å². The van der Waals surface area contributed by atoms with Crippen LogP contribution in [0.25, 0.3) is 6.08 Å². The highest BCUT2D eigenvalue weighted by Gasteiger charge is 2.30. The van der Waals surface area contributed by atoms with Gasteiger partial charge in [-0.2, -0.15) is 13.2 Å². The fourth-order valence-corrected chi connectivity index (χ4v) is 1.92. The predicted molar refractivity (Wildman–Crippen MR) is 69.4 cm³/mol. The Morgan fingerprint density at radius 2 is 1.90 bits per heavy atom. The summed E-state index contributed by atoms with van der Waals surface area (Å²) in [6.07, 6.45) is 4.31. The Hall–Kier alpha value is -2.22. The van der Waals surface area contributed by atoms with Crippen molar-refractivity contribution in [2.75, 3.05) is 13.1 Å². The fraction of sp³-hybridized carbons (Fsp3) is 0.267. The average molecular weight is 279 g/mol. The molecule has 0 bridgehead atoms. The first-order valence-corrected chi connectivity index (χ1v) is 6.01. The molecule has 0 saturated carbocycles. The molecule has 1 aromatic carbocycles. The van der Waals surface area contributed by atoms with Crippen molar-refractivity contribution in [1.82, 2.24) is 4.90 Å². The maximum atomic E-state index is 12.4. The molecule has 0 spiro atoms. The summed E-state index contributed by atoms with van der Waals surface area (Å²) in [5, 5.41) is 0. The number of hydrogen-bond acceptors (Lipinski definition) is 1. The van der Waals surface area contributed by atoms with E-state index in [1.165, 1.54) is 12.1 Å². The van der Waals surface area contributed by atoms with Crippen molar-refractivity contribution >= 4 is 12.0 Å². The molecular weight excluding hydrogens is 267 g/mol. The predicted octanol–water partition coefficient (Wildman–Crippen LogP) is 2.81. The van der Waals surface area contributed by atoms with Crippen molar-refractivity contribution in [1.29, 1.82) is 0 Å². The van der Waals surface area contributed by atoms with Crippen LogP contribution in [-0.4, -0.2) is 23.9 Å². The largest absolute Gasteiger partial charge is 0.416 e. The fourth-order valence-electron chi connectivity index (χ4n) is 1.92. The second-order valence-corrected chi connectivity index (χ2v) is 4.59. The highest BCUT2D eigenvalue weighted by atomic mass is 19.4. The molecule has 104 valence electrons. The van der Waals surface area contributed by atoms with Gasteiger partial charge < -0.3 is 4.90 Å². The first-order chi connectivity index (χ1) is 9.40. The Balaban J connectivity index is 1.91. The zero-order valence-corrected chi connectivity index (χ0v) is 10.5. The summed E-state index contributed by atoms with van der Waals surface area (Å²) >= 11 is 0. The van der Waals surface area contributed by atoms with E-state index in [1.54, 1.807) is 11.0 Å². The lowest BCUT2D eigenvalue weighted by Crippen LogP contribution is -2.48. The van der Waals surface area contributed by atoms with Gasteiger partial charge in [0.25, 0.3) is 5.91 Å². The molecule has 0 N–H and O–H groups in total. The van der Waals surface area contributed by atoms with Gasteiger partial charge in [0, 0.05) is 19.0 Å². The first kappa shape index (κ1) is 14.2. The Bertz CT molecular complexity index is 560. The molecule has 1 heterocycles. The van der Waals surface area contributed by atoms with Gasteiger partial charge in [0.05, 0.1) is 5.56 Å². The number of alkyl halides is 3. The normalized spacial score (nSPS) is 16.0. The minimum absolute atomic E-state index is 0.203. The van der Waals surface area contributed by atoms with E-state index in [9.17, 15) is 18.0 Å². The molecule has 1 saturated heterocycles. The average Bonchev–Trinajstić information content (AvgIpc) is 2.36. The van der Waals surface area contributed by atoms with Crippen LogP contribution in [0.2, 0.25) is 0 Å². The minimum atomic E-state index is -4.31. The van der Waals surface area contributed by atoms with Gasteiger partial charge in [-0.3, -0.25) is 4.79 Å². The van der Waals surface area contributed by atoms with Gasteiger partial charge in [-0.25, -0.2) is 0 Å². The van der Waals surface area contributed by atoms with Crippen molar-refractivity contribution in [3.8, 4) is 12.3 Å². The zero-order chi connectivity index (χ0) is 14.8. The van der Waals surface area contributed by atoms with Crippen molar-refractivity contribution < 1.29 is 18.0 Å². The van der Waals surface area contributed by atoms with E-state index < -0.39 is 11.7 Å². The van der Waals surface area contributed by atoms with Crippen LogP contribution < -0.4 is 0 Å². The van der Waals surface area contributed by atoms with Gasteiger partial charge >= 0.3 is 6.18 Å². The lowest BCUT2D eigenvalue weighted by Gasteiger charge is -2.36. The Labute approximate surface area is 114 Å². The molecule has 0 unspecified atom stereocenters. The lowest BCUT2D eigenvalue weighted by molar-refractivity contribution is -0.137. The Morgan fingerprint density at radius 3 is 2.40 bits per heavy atom. The van der Waals surface area contributed by atoms with E-state index in [1.807, 2.05) is 12.0 Å². The topological polar surface area (TPSA) is 20.3 Å². The third-order valence-corrected chi connectivity index (χ3v) is 3.12. The number of amides is 1. The number of rotatable bonds is 2. The summed E-state index contributed by atoms with van der Waals surface area (Å²) in [7, 11) is 0. The van der Waals surface area contributed by atoms with E-state index in [2.05, 4.69) is 0 Å². The molecule has 2 rings (SSSR count). The molecule has 2 nitrogen and oxygen atoms in total. The summed E-state index contributed by atoms with van der Waals surface area (Å²) in [6, 6.07) is 4.94. The van der Waals surface area contributed by atoms with Gasteiger partial charge in [-0.05, 0) is 23.6 Å². The summed E-state index contributed by atoms with van der Waals surface area (Å²) in [4.78, 5) is 12.6. The maximum absolute atomic E-state index is 12.4. The number of hydrogen-bond donors (Lipinski definition) is 0. The number of benzene rings is 1. The molecule has 1 aliphatic rings. The number of likely N-dealkylation sites (tertiary alicyclic amines) is 1. The van der Waals surface area contributed by atoms with Crippen molar-refractivity contribution in [2.24, 2.45) is 5.92 Å². The van der Waals surface area contributed by atoms with Crippen molar-refractivity contribution in [3.63, 3.8) is 0 Å².